The van der Waals surface area contributed by atoms with E-state index in [4.69, 9.17) is 5.73 Å². The van der Waals surface area contributed by atoms with Gasteiger partial charge in [-0.25, -0.2) is 0 Å². The summed E-state index contributed by atoms with van der Waals surface area (Å²) in [5.74, 6) is 0. The van der Waals surface area contributed by atoms with E-state index >= 15 is 0 Å². The van der Waals surface area contributed by atoms with E-state index in [2.05, 4.69) is 12.2 Å². The Kier molecular flexibility index (Phi) is 4.59. The van der Waals surface area contributed by atoms with Crippen LogP contribution in [0.15, 0.2) is 24.3 Å². The fraction of sp³-hybridized carbons (Fsp3) is 0.500. The topological polar surface area (TPSA) is 58.3 Å². The lowest BCUT2D eigenvalue weighted by Gasteiger charge is -2.16. The van der Waals surface area contributed by atoms with Crippen molar-refractivity contribution in [3.63, 3.8) is 0 Å². The first kappa shape index (κ1) is 12.0. The molecule has 2 atom stereocenters. The van der Waals surface area contributed by atoms with E-state index in [0.29, 0.717) is 6.04 Å². The molecule has 4 N–H and O–H groups in total. The van der Waals surface area contributed by atoms with Gasteiger partial charge in [0.05, 0.1) is 6.10 Å². The van der Waals surface area contributed by atoms with E-state index in [0.717, 1.165) is 24.2 Å². The Balaban J connectivity index is 2.40. The number of hydrogen-bond acceptors (Lipinski definition) is 3. The van der Waals surface area contributed by atoms with Gasteiger partial charge in [0.1, 0.15) is 0 Å². The molecule has 3 nitrogen and oxygen atoms in total. The molecule has 0 bridgehead atoms. The fourth-order valence-electron chi connectivity index (χ4n) is 1.57. The first-order chi connectivity index (χ1) is 7.09. The standard InChI is InChI=1S/C12H20N2O/c1-9(7-10(2)15)14-8-11-5-3-4-6-12(11)13/h3-6,9-10,14-15H,7-8,13H2,1-2H3. The number of anilines is 1. The smallest absolute Gasteiger partial charge is 0.0526 e. The van der Waals surface area contributed by atoms with Gasteiger partial charge < -0.3 is 16.2 Å². The van der Waals surface area contributed by atoms with Gasteiger partial charge in [0.2, 0.25) is 0 Å². The summed E-state index contributed by atoms with van der Waals surface area (Å²) in [4.78, 5) is 0. The third kappa shape index (κ3) is 4.32. The van der Waals surface area contributed by atoms with Crippen LogP contribution in [0.5, 0.6) is 0 Å². The average molecular weight is 208 g/mol. The molecule has 1 aromatic rings. The van der Waals surface area contributed by atoms with E-state index in [1.807, 2.05) is 24.3 Å². The molecule has 0 aromatic heterocycles. The van der Waals surface area contributed by atoms with Crippen molar-refractivity contribution in [2.75, 3.05) is 5.73 Å². The summed E-state index contributed by atoms with van der Waals surface area (Å²) in [6.45, 7) is 4.61. The van der Waals surface area contributed by atoms with Crippen LogP contribution in [0.1, 0.15) is 25.8 Å². The molecule has 0 aliphatic carbocycles. The van der Waals surface area contributed by atoms with Crippen molar-refractivity contribution in [1.29, 1.82) is 0 Å². The van der Waals surface area contributed by atoms with E-state index in [1.54, 1.807) is 6.92 Å². The summed E-state index contributed by atoms with van der Waals surface area (Å²) < 4.78 is 0. The van der Waals surface area contributed by atoms with E-state index < -0.39 is 0 Å². The number of nitrogens with one attached hydrogen (secondary N) is 1. The van der Waals surface area contributed by atoms with Crippen LogP contribution in [-0.4, -0.2) is 17.3 Å². The largest absolute Gasteiger partial charge is 0.398 e. The zero-order valence-electron chi connectivity index (χ0n) is 9.40. The third-order valence-corrected chi connectivity index (χ3v) is 2.39. The maximum Gasteiger partial charge on any atom is 0.0526 e. The summed E-state index contributed by atoms with van der Waals surface area (Å²) in [7, 11) is 0. The molecule has 0 saturated heterocycles. The van der Waals surface area contributed by atoms with Crippen molar-refractivity contribution in [1.82, 2.24) is 5.32 Å². The number of rotatable bonds is 5. The predicted molar refractivity (Wildman–Crippen MR) is 63.5 cm³/mol. The van der Waals surface area contributed by atoms with Crippen LogP contribution in [0.2, 0.25) is 0 Å². The van der Waals surface area contributed by atoms with Crippen molar-refractivity contribution in [2.45, 2.75) is 39.0 Å². The first-order valence-electron chi connectivity index (χ1n) is 5.34. The van der Waals surface area contributed by atoms with Gasteiger partial charge in [-0.1, -0.05) is 18.2 Å². The summed E-state index contributed by atoms with van der Waals surface area (Å²) in [6.07, 6.45) is 0.493. The second-order valence-corrected chi connectivity index (χ2v) is 4.07. The molecule has 0 amide bonds. The summed E-state index contributed by atoms with van der Waals surface area (Å²) >= 11 is 0. The normalized spacial score (nSPS) is 14.9. The third-order valence-electron chi connectivity index (χ3n) is 2.39. The van der Waals surface area contributed by atoms with Crippen LogP contribution < -0.4 is 11.1 Å². The van der Waals surface area contributed by atoms with Gasteiger partial charge in [0.15, 0.2) is 0 Å². The SMILES string of the molecule is CC(O)CC(C)NCc1ccccc1N. The number of hydrogen-bond donors (Lipinski definition) is 3. The monoisotopic (exact) mass is 208 g/mol. The van der Waals surface area contributed by atoms with Gasteiger partial charge in [-0.15, -0.1) is 0 Å². The number of aliphatic hydroxyl groups is 1. The van der Waals surface area contributed by atoms with Gasteiger partial charge >= 0.3 is 0 Å². The molecule has 15 heavy (non-hydrogen) atoms. The van der Waals surface area contributed by atoms with Crippen LogP contribution in [-0.2, 0) is 6.54 Å². The average Bonchev–Trinajstić information content (AvgIpc) is 2.15. The molecule has 3 heteroatoms. The summed E-state index contributed by atoms with van der Waals surface area (Å²) in [6, 6.07) is 8.11. The highest BCUT2D eigenvalue weighted by Gasteiger charge is 2.05. The van der Waals surface area contributed by atoms with E-state index in [1.165, 1.54) is 0 Å². The van der Waals surface area contributed by atoms with Gasteiger partial charge in [-0.3, -0.25) is 0 Å². The van der Waals surface area contributed by atoms with Crippen LogP contribution in [0.25, 0.3) is 0 Å². The Labute approximate surface area is 91.3 Å². The summed E-state index contributed by atoms with van der Waals surface area (Å²) in [5, 5.41) is 12.5. The number of aliphatic hydroxyl groups excluding tert-OH is 1. The first-order valence-corrected chi connectivity index (χ1v) is 5.34. The Morgan fingerprint density at radius 1 is 1.33 bits per heavy atom. The Morgan fingerprint density at radius 3 is 2.60 bits per heavy atom. The predicted octanol–water partition coefficient (Wildman–Crippen LogP) is 1.52. The van der Waals surface area contributed by atoms with Crippen LogP contribution in [0, 0.1) is 0 Å². The molecule has 0 fully saturated rings. The van der Waals surface area contributed by atoms with Crippen molar-refractivity contribution in [2.24, 2.45) is 0 Å². The van der Waals surface area contributed by atoms with Gasteiger partial charge in [-0.2, -0.15) is 0 Å². The highest BCUT2D eigenvalue weighted by atomic mass is 16.3. The molecule has 0 radical (unpaired) electrons. The molecular formula is C12H20N2O. The Hall–Kier alpha value is -1.06. The second kappa shape index (κ2) is 5.73. The highest BCUT2D eigenvalue weighted by molar-refractivity contribution is 5.46. The van der Waals surface area contributed by atoms with Gasteiger partial charge in [-0.05, 0) is 31.9 Å². The minimum Gasteiger partial charge on any atom is -0.398 e. The number of benzene rings is 1. The Bertz CT molecular complexity index is 299. The maximum atomic E-state index is 9.21. The van der Waals surface area contributed by atoms with Gasteiger partial charge in [0, 0.05) is 18.3 Å². The number of nitrogens with two attached hydrogens (primary N) is 1. The van der Waals surface area contributed by atoms with Crippen molar-refractivity contribution in [3.8, 4) is 0 Å². The van der Waals surface area contributed by atoms with Crippen molar-refractivity contribution < 1.29 is 5.11 Å². The fourth-order valence-corrected chi connectivity index (χ4v) is 1.57. The lowest BCUT2D eigenvalue weighted by molar-refractivity contribution is 0.170. The molecule has 84 valence electrons. The molecule has 2 unspecified atom stereocenters. The van der Waals surface area contributed by atoms with Crippen LogP contribution in [0.3, 0.4) is 0 Å². The minimum atomic E-state index is -0.263. The lowest BCUT2D eigenvalue weighted by atomic mass is 10.1. The number of nitrogen functional groups attached to an aromatic ring is 1. The quantitative estimate of drug-likeness (QED) is 0.643. The van der Waals surface area contributed by atoms with E-state index in [-0.39, 0.29) is 6.10 Å². The molecular weight excluding hydrogens is 188 g/mol. The molecule has 0 saturated carbocycles. The maximum absolute atomic E-state index is 9.21. The minimum absolute atomic E-state index is 0.263. The van der Waals surface area contributed by atoms with Crippen LogP contribution >= 0.6 is 0 Å². The van der Waals surface area contributed by atoms with E-state index in [9.17, 15) is 5.11 Å². The summed E-state index contributed by atoms with van der Waals surface area (Å²) in [5.41, 5.74) is 7.74. The molecule has 0 aliphatic rings. The zero-order chi connectivity index (χ0) is 11.3. The second-order valence-electron chi connectivity index (χ2n) is 4.07. The number of para-hydroxylation sites is 1. The molecule has 1 rings (SSSR count). The molecule has 0 heterocycles. The van der Waals surface area contributed by atoms with Gasteiger partial charge in [0.25, 0.3) is 0 Å². The molecule has 1 aromatic carbocycles. The Morgan fingerprint density at radius 2 is 2.00 bits per heavy atom. The molecule has 0 spiro atoms. The zero-order valence-corrected chi connectivity index (χ0v) is 9.40. The van der Waals surface area contributed by atoms with Crippen LogP contribution in [0.4, 0.5) is 5.69 Å². The lowest BCUT2D eigenvalue weighted by Crippen LogP contribution is -2.28. The van der Waals surface area contributed by atoms with Crippen molar-refractivity contribution in [3.05, 3.63) is 29.8 Å². The van der Waals surface area contributed by atoms with Crippen molar-refractivity contribution >= 4 is 5.69 Å². The highest BCUT2D eigenvalue weighted by Crippen LogP contribution is 2.10. The molecule has 0 aliphatic heterocycles.